The molecule has 7 rings (SSSR count). The van der Waals surface area contributed by atoms with E-state index in [1.807, 2.05) is 83.3 Å². The van der Waals surface area contributed by atoms with Crippen molar-refractivity contribution in [2.75, 3.05) is 0 Å². The van der Waals surface area contributed by atoms with Crippen LogP contribution in [0.2, 0.25) is 17.3 Å². The first kappa shape index (κ1) is 32.0. The summed E-state index contributed by atoms with van der Waals surface area (Å²) in [5.74, 6) is 6.04. The van der Waals surface area contributed by atoms with Crippen molar-refractivity contribution in [3.05, 3.63) is 131 Å². The number of rotatable bonds is 5. The number of aromatic nitrogens is 3. The maximum Gasteiger partial charge on any atom is 0.216 e. The maximum atomic E-state index is 14.9. The minimum atomic E-state index is -2.33. The van der Waals surface area contributed by atoms with Crippen molar-refractivity contribution in [1.29, 1.82) is 0 Å². The largest absolute Gasteiger partial charge is 0.486 e. The molecule has 0 N–H and O–H groups in total. The van der Waals surface area contributed by atoms with Crippen LogP contribution < -0.4 is 4.40 Å². The second-order valence-electron chi connectivity index (χ2n) is 13.7. The number of hydrogen-bond donors (Lipinski definition) is 0. The Morgan fingerprint density at radius 1 is 0.860 bits per heavy atom. The number of benzene rings is 3. The first-order valence-corrected chi connectivity index (χ1v) is 23.6. The van der Waals surface area contributed by atoms with Crippen LogP contribution in [0.4, 0.5) is 4.39 Å². The van der Waals surface area contributed by atoms with E-state index in [9.17, 15) is 4.39 Å². The van der Waals surface area contributed by atoms with E-state index in [-0.39, 0.29) is 31.5 Å². The van der Waals surface area contributed by atoms with Gasteiger partial charge in [0.05, 0.1) is 11.8 Å². The Hall–Kier alpha value is -3.97. The number of nitrogens with zero attached hydrogens (tertiary/aromatic N) is 3. The van der Waals surface area contributed by atoms with Crippen LogP contribution in [0.15, 0.2) is 89.6 Å². The Morgan fingerprint density at radius 3 is 2.26 bits per heavy atom. The second-order valence-corrected chi connectivity index (χ2v) is 24.3. The van der Waals surface area contributed by atoms with Gasteiger partial charge in [-0.3, -0.25) is 0 Å². The van der Waals surface area contributed by atoms with Crippen molar-refractivity contribution in [3.63, 3.8) is 0 Å². The fraction of sp³-hybridized carbons (Fsp3) is 0.233. The zero-order chi connectivity index (χ0) is 38.5. The summed E-state index contributed by atoms with van der Waals surface area (Å²) in [6.45, 7) is 7.53. The van der Waals surface area contributed by atoms with E-state index in [2.05, 4.69) is 50.4 Å². The molecular formula is C43H42FGeIrN3O-2. The van der Waals surface area contributed by atoms with Crippen molar-refractivity contribution in [2.24, 2.45) is 0 Å². The quantitative estimate of drug-likeness (QED) is 0.128. The summed E-state index contributed by atoms with van der Waals surface area (Å²) < 4.78 is 53.5. The van der Waals surface area contributed by atoms with Gasteiger partial charge in [-0.05, 0) is 62.1 Å². The summed E-state index contributed by atoms with van der Waals surface area (Å²) in [5, 5.41) is 1.46. The van der Waals surface area contributed by atoms with Gasteiger partial charge in [0.15, 0.2) is 0 Å². The fourth-order valence-corrected chi connectivity index (χ4v) is 9.67. The zero-order valence-corrected chi connectivity index (χ0v) is 34.0. The molecule has 50 heavy (non-hydrogen) atoms. The smallest absolute Gasteiger partial charge is 0.216 e. The number of pyridine rings is 3. The summed E-state index contributed by atoms with van der Waals surface area (Å²) in [5.41, 5.74) is 9.14. The Labute approximate surface area is 316 Å². The maximum absolute atomic E-state index is 14.9. The van der Waals surface area contributed by atoms with Crippen molar-refractivity contribution in [1.82, 2.24) is 15.0 Å². The van der Waals surface area contributed by atoms with Gasteiger partial charge in [0.1, 0.15) is 5.82 Å². The van der Waals surface area contributed by atoms with Gasteiger partial charge in [0, 0.05) is 40.9 Å². The Morgan fingerprint density at radius 2 is 1.60 bits per heavy atom. The number of hydrogen-bond acceptors (Lipinski definition) is 4. The first-order chi connectivity index (χ1) is 24.8. The molecule has 4 aromatic heterocycles. The molecule has 0 unspecified atom stereocenters. The molecule has 0 aliphatic heterocycles. The Kier molecular flexibility index (Phi) is 9.66. The normalized spacial score (nSPS) is 13.1. The topological polar surface area (TPSA) is 51.8 Å². The van der Waals surface area contributed by atoms with E-state index in [1.54, 1.807) is 18.2 Å². The van der Waals surface area contributed by atoms with E-state index >= 15 is 0 Å². The Balaban J connectivity index is 0.000000230. The molecule has 0 fully saturated rings. The van der Waals surface area contributed by atoms with Crippen LogP contribution in [0.25, 0.3) is 55.7 Å². The van der Waals surface area contributed by atoms with E-state index in [1.165, 1.54) is 16.7 Å². The first-order valence-electron chi connectivity index (χ1n) is 18.3. The van der Waals surface area contributed by atoms with Crippen molar-refractivity contribution in [3.8, 4) is 33.6 Å². The van der Waals surface area contributed by atoms with Crippen LogP contribution in [0, 0.1) is 45.6 Å². The summed E-state index contributed by atoms with van der Waals surface area (Å²) in [7, 11) is 0. The van der Waals surface area contributed by atoms with Gasteiger partial charge in [0.2, 0.25) is 5.71 Å². The van der Waals surface area contributed by atoms with E-state index in [0.29, 0.717) is 27.8 Å². The molecule has 0 aliphatic carbocycles. The number of fused-ring (bicyclic) bond motifs is 3. The third kappa shape index (κ3) is 7.68. The van der Waals surface area contributed by atoms with Crippen molar-refractivity contribution >= 4 is 39.7 Å². The van der Waals surface area contributed by atoms with Crippen LogP contribution in [-0.2, 0) is 20.1 Å². The predicted molar refractivity (Wildman–Crippen MR) is 204 cm³/mol. The summed E-state index contributed by atoms with van der Waals surface area (Å²) in [4.78, 5) is 13.1. The van der Waals surface area contributed by atoms with Crippen molar-refractivity contribution in [2.45, 2.75) is 64.6 Å². The van der Waals surface area contributed by atoms with Crippen LogP contribution in [0.3, 0.4) is 0 Å². The van der Waals surface area contributed by atoms with Crippen molar-refractivity contribution < 1.29 is 34.4 Å². The molecule has 0 saturated heterocycles. The number of halogens is 1. The van der Waals surface area contributed by atoms with Gasteiger partial charge < -0.3 is 9.40 Å². The van der Waals surface area contributed by atoms with Gasteiger partial charge >= 0.3 is 120 Å². The monoisotopic (exact) mass is 906 g/mol. The van der Waals surface area contributed by atoms with Crippen LogP contribution in [0.1, 0.15) is 53.2 Å². The molecule has 1 radical (unpaired) electrons. The van der Waals surface area contributed by atoms with Crippen LogP contribution >= 0.6 is 0 Å². The van der Waals surface area contributed by atoms with Gasteiger partial charge in [-0.2, -0.15) is 0 Å². The molecule has 0 amide bonds. The molecule has 257 valence electrons. The molecule has 0 spiro atoms. The molecule has 4 nitrogen and oxygen atoms in total. The number of aryl methyl sites for hydroxylation is 4. The third-order valence-corrected chi connectivity index (χ3v) is 12.8. The molecule has 3 aromatic carbocycles. The summed E-state index contributed by atoms with van der Waals surface area (Å²) in [6, 6.07) is 28.8. The molecule has 4 heterocycles. The van der Waals surface area contributed by atoms with E-state index in [4.69, 9.17) is 9.90 Å². The molecule has 0 atom stereocenters. The summed E-state index contributed by atoms with van der Waals surface area (Å²) >= 11 is -2.03. The summed E-state index contributed by atoms with van der Waals surface area (Å²) in [6.07, 6.45) is 3.21. The molecule has 0 saturated carbocycles. The van der Waals surface area contributed by atoms with Gasteiger partial charge in [-0.1, -0.05) is 34.7 Å². The van der Waals surface area contributed by atoms with E-state index < -0.39 is 31.8 Å². The average molecular weight is 905 g/mol. The fourth-order valence-electron chi connectivity index (χ4n) is 6.35. The second kappa shape index (κ2) is 15.1. The predicted octanol–water partition coefficient (Wildman–Crippen LogP) is 11.1. The third-order valence-electron chi connectivity index (χ3n) is 8.59. The van der Waals surface area contributed by atoms with Gasteiger partial charge in [-0.25, -0.2) is 9.37 Å². The number of furan rings is 1. The van der Waals surface area contributed by atoms with E-state index in [0.717, 1.165) is 44.5 Å². The average Bonchev–Trinajstić information content (AvgIpc) is 3.46. The van der Waals surface area contributed by atoms with Gasteiger partial charge in [0.25, 0.3) is 0 Å². The SMILES string of the molecule is [2H]C(C)(C)c1cc(-c2[c-]cccc2)nc[c]1[Ge]([CH3])([CH3])[CH3].[2H]C([2H])([2H])c1ccc2c(n1)oc1c(-c3cc(-c4c(C)cc(C)cc4C)c(F)cn3)[c-]ccc12.[Ir]. The molecule has 0 aliphatic rings. The molecule has 7 heteroatoms. The minimum Gasteiger partial charge on any atom is -0.486 e. The molecule has 7 aromatic rings. The molecule has 0 bridgehead atoms. The van der Waals surface area contributed by atoms with Crippen LogP contribution in [0.5, 0.6) is 0 Å². The minimum absolute atomic E-state index is 0. The molecular weight excluding hydrogens is 858 g/mol. The standard InChI is InChI=1S/C26H20FN2O.C17H22GeN.Ir/c1-14-10-15(2)24(16(3)11-14)21-12-23(28-13-22(21)27)20-7-5-6-18-19-9-8-17(4)29-26(19)30-25(18)20;1-13(2)15-11-17(14-9-7-6-8-10-14)19-12-16(15)18(3,4)5;/h5-6,8-13H,1-4H3;6-9,11-13H,1-5H3;/q2*-1;/i4D3;13D;. The Bertz CT molecular complexity index is 2450. The van der Waals surface area contributed by atoms with Gasteiger partial charge in [-0.15, -0.1) is 18.2 Å². The zero-order valence-electron chi connectivity index (χ0n) is 33.5. The van der Waals surface area contributed by atoms with Crippen LogP contribution in [-0.4, -0.2) is 28.2 Å².